The molecule has 0 spiro atoms. The van der Waals surface area contributed by atoms with Crippen LogP contribution in [-0.4, -0.2) is 0 Å². The SMILES string of the molecule is Cc1ccc(O[C@@H]2CCc3c(Br)cccc32)cc1. The highest BCUT2D eigenvalue weighted by Gasteiger charge is 2.25. The fourth-order valence-corrected chi connectivity index (χ4v) is 3.05. The predicted octanol–water partition coefficient (Wildman–Crippen LogP) is 4.82. The Bertz CT molecular complexity index is 560. The van der Waals surface area contributed by atoms with E-state index in [1.165, 1.54) is 21.2 Å². The predicted molar refractivity (Wildman–Crippen MR) is 77.0 cm³/mol. The largest absolute Gasteiger partial charge is 0.486 e. The van der Waals surface area contributed by atoms with Gasteiger partial charge in [0.25, 0.3) is 0 Å². The van der Waals surface area contributed by atoms with Crippen LogP contribution in [0.5, 0.6) is 5.75 Å². The summed E-state index contributed by atoms with van der Waals surface area (Å²) in [5.41, 5.74) is 3.98. The monoisotopic (exact) mass is 302 g/mol. The standard InChI is InChI=1S/C16H15BrO/c1-11-5-7-12(8-6-11)18-16-10-9-13-14(16)3-2-4-15(13)17/h2-8,16H,9-10H2,1H3/t16-/m1/s1. The highest BCUT2D eigenvalue weighted by atomic mass is 79.9. The molecular weight excluding hydrogens is 288 g/mol. The van der Waals surface area contributed by atoms with E-state index in [2.05, 4.69) is 53.2 Å². The van der Waals surface area contributed by atoms with Gasteiger partial charge in [-0.1, -0.05) is 45.8 Å². The van der Waals surface area contributed by atoms with Crippen molar-refractivity contribution in [1.29, 1.82) is 0 Å². The number of benzene rings is 2. The fraction of sp³-hybridized carbons (Fsp3) is 0.250. The average Bonchev–Trinajstić information content (AvgIpc) is 2.77. The van der Waals surface area contributed by atoms with Gasteiger partial charge in [0.1, 0.15) is 11.9 Å². The highest BCUT2D eigenvalue weighted by molar-refractivity contribution is 9.10. The van der Waals surface area contributed by atoms with Crippen molar-refractivity contribution in [3.05, 3.63) is 63.6 Å². The molecule has 3 rings (SSSR count). The van der Waals surface area contributed by atoms with Crippen LogP contribution in [-0.2, 0) is 6.42 Å². The van der Waals surface area contributed by atoms with Crippen LogP contribution in [0, 0.1) is 6.92 Å². The van der Waals surface area contributed by atoms with Crippen LogP contribution in [0.3, 0.4) is 0 Å². The lowest BCUT2D eigenvalue weighted by molar-refractivity contribution is 0.207. The van der Waals surface area contributed by atoms with Crippen molar-refractivity contribution in [1.82, 2.24) is 0 Å². The number of rotatable bonds is 2. The maximum absolute atomic E-state index is 6.09. The number of fused-ring (bicyclic) bond motifs is 1. The molecule has 0 saturated carbocycles. The molecule has 1 atom stereocenters. The number of aryl methyl sites for hydroxylation is 1. The molecular formula is C16H15BrO. The molecule has 0 fully saturated rings. The molecule has 92 valence electrons. The Morgan fingerprint density at radius 2 is 1.89 bits per heavy atom. The summed E-state index contributed by atoms with van der Waals surface area (Å²) >= 11 is 3.61. The quantitative estimate of drug-likeness (QED) is 0.772. The summed E-state index contributed by atoms with van der Waals surface area (Å²) < 4.78 is 7.29. The van der Waals surface area contributed by atoms with Gasteiger partial charge in [0.15, 0.2) is 0 Å². The summed E-state index contributed by atoms with van der Waals surface area (Å²) in [6.45, 7) is 2.09. The Labute approximate surface area is 116 Å². The van der Waals surface area contributed by atoms with Gasteiger partial charge in [-0.05, 0) is 49.1 Å². The number of halogens is 1. The van der Waals surface area contributed by atoms with E-state index in [1.807, 2.05) is 12.1 Å². The first kappa shape index (κ1) is 11.8. The second-order valence-electron chi connectivity index (χ2n) is 4.77. The van der Waals surface area contributed by atoms with E-state index in [-0.39, 0.29) is 6.10 Å². The molecule has 18 heavy (non-hydrogen) atoms. The van der Waals surface area contributed by atoms with E-state index in [1.54, 1.807) is 0 Å². The minimum absolute atomic E-state index is 0.195. The molecule has 2 aromatic carbocycles. The van der Waals surface area contributed by atoms with Crippen LogP contribution in [0.2, 0.25) is 0 Å². The van der Waals surface area contributed by atoms with Gasteiger partial charge < -0.3 is 4.74 Å². The normalized spacial score (nSPS) is 17.6. The van der Waals surface area contributed by atoms with Crippen LogP contribution in [0.15, 0.2) is 46.9 Å². The summed E-state index contributed by atoms with van der Waals surface area (Å²) in [6, 6.07) is 14.6. The molecule has 0 bridgehead atoms. The summed E-state index contributed by atoms with van der Waals surface area (Å²) in [5, 5.41) is 0. The fourth-order valence-electron chi connectivity index (χ4n) is 2.48. The summed E-state index contributed by atoms with van der Waals surface area (Å²) in [5.74, 6) is 0.957. The number of ether oxygens (including phenoxy) is 1. The Balaban J connectivity index is 1.85. The summed E-state index contributed by atoms with van der Waals surface area (Å²) in [4.78, 5) is 0. The van der Waals surface area contributed by atoms with Crippen LogP contribution < -0.4 is 4.74 Å². The van der Waals surface area contributed by atoms with Crippen LogP contribution in [0.1, 0.15) is 29.2 Å². The molecule has 0 radical (unpaired) electrons. The van der Waals surface area contributed by atoms with Crippen molar-refractivity contribution in [3.63, 3.8) is 0 Å². The Kier molecular flexibility index (Phi) is 3.13. The van der Waals surface area contributed by atoms with Gasteiger partial charge in [-0.3, -0.25) is 0 Å². The van der Waals surface area contributed by atoms with Crippen molar-refractivity contribution >= 4 is 15.9 Å². The second-order valence-corrected chi connectivity index (χ2v) is 5.62. The van der Waals surface area contributed by atoms with E-state index in [9.17, 15) is 0 Å². The lowest BCUT2D eigenvalue weighted by Gasteiger charge is -2.15. The Hall–Kier alpha value is -1.28. The molecule has 1 aliphatic rings. The molecule has 2 aromatic rings. The van der Waals surface area contributed by atoms with Crippen LogP contribution in [0.4, 0.5) is 0 Å². The van der Waals surface area contributed by atoms with Gasteiger partial charge in [0.2, 0.25) is 0 Å². The number of hydrogen-bond acceptors (Lipinski definition) is 1. The first-order chi connectivity index (χ1) is 8.74. The molecule has 0 amide bonds. The van der Waals surface area contributed by atoms with Crippen molar-refractivity contribution in [2.45, 2.75) is 25.9 Å². The second kappa shape index (κ2) is 4.77. The van der Waals surface area contributed by atoms with Crippen LogP contribution in [0.25, 0.3) is 0 Å². The van der Waals surface area contributed by atoms with Crippen molar-refractivity contribution in [3.8, 4) is 5.75 Å². The Morgan fingerprint density at radius 1 is 1.11 bits per heavy atom. The smallest absolute Gasteiger partial charge is 0.124 e. The first-order valence-electron chi connectivity index (χ1n) is 6.24. The van der Waals surface area contributed by atoms with Crippen molar-refractivity contribution < 1.29 is 4.74 Å². The maximum Gasteiger partial charge on any atom is 0.124 e. The van der Waals surface area contributed by atoms with Gasteiger partial charge >= 0.3 is 0 Å². The molecule has 0 saturated heterocycles. The minimum atomic E-state index is 0.195. The van der Waals surface area contributed by atoms with E-state index >= 15 is 0 Å². The van der Waals surface area contributed by atoms with Gasteiger partial charge in [0.05, 0.1) is 0 Å². The topological polar surface area (TPSA) is 9.23 Å². The third-order valence-corrected chi connectivity index (χ3v) is 4.20. The summed E-state index contributed by atoms with van der Waals surface area (Å²) in [7, 11) is 0. The Morgan fingerprint density at radius 3 is 2.67 bits per heavy atom. The molecule has 0 heterocycles. The van der Waals surface area contributed by atoms with Crippen LogP contribution >= 0.6 is 15.9 Å². The van der Waals surface area contributed by atoms with Crippen molar-refractivity contribution in [2.75, 3.05) is 0 Å². The van der Waals surface area contributed by atoms with E-state index in [0.29, 0.717) is 0 Å². The average molecular weight is 303 g/mol. The molecule has 0 aliphatic heterocycles. The van der Waals surface area contributed by atoms with Crippen molar-refractivity contribution in [2.24, 2.45) is 0 Å². The summed E-state index contributed by atoms with van der Waals surface area (Å²) in [6.07, 6.45) is 2.35. The maximum atomic E-state index is 6.09. The first-order valence-corrected chi connectivity index (χ1v) is 7.04. The molecule has 0 N–H and O–H groups in total. The lowest BCUT2D eigenvalue weighted by atomic mass is 10.1. The molecule has 1 aliphatic carbocycles. The van der Waals surface area contributed by atoms with E-state index < -0.39 is 0 Å². The van der Waals surface area contributed by atoms with Gasteiger partial charge in [-0.25, -0.2) is 0 Å². The zero-order valence-electron chi connectivity index (χ0n) is 10.3. The molecule has 2 heteroatoms. The molecule has 0 unspecified atom stereocenters. The molecule has 0 aromatic heterocycles. The zero-order chi connectivity index (χ0) is 12.5. The van der Waals surface area contributed by atoms with Gasteiger partial charge in [-0.2, -0.15) is 0 Å². The number of hydrogen-bond donors (Lipinski definition) is 0. The highest BCUT2D eigenvalue weighted by Crippen LogP contribution is 2.38. The third-order valence-electron chi connectivity index (χ3n) is 3.46. The third kappa shape index (κ3) is 2.17. The van der Waals surface area contributed by atoms with E-state index in [0.717, 1.165) is 18.6 Å². The lowest BCUT2D eigenvalue weighted by Crippen LogP contribution is -2.03. The van der Waals surface area contributed by atoms with Gasteiger partial charge in [-0.15, -0.1) is 0 Å². The minimum Gasteiger partial charge on any atom is -0.486 e. The van der Waals surface area contributed by atoms with E-state index in [4.69, 9.17) is 4.74 Å². The zero-order valence-corrected chi connectivity index (χ0v) is 11.9. The van der Waals surface area contributed by atoms with Gasteiger partial charge in [0, 0.05) is 4.47 Å². The molecule has 1 nitrogen and oxygen atoms in total.